The van der Waals surface area contributed by atoms with E-state index in [4.69, 9.17) is 0 Å². The van der Waals surface area contributed by atoms with E-state index in [9.17, 15) is 0 Å². The summed E-state index contributed by atoms with van der Waals surface area (Å²) in [6, 6.07) is 1.18. The fourth-order valence-corrected chi connectivity index (χ4v) is 2.02. The fraction of sp³-hybridized carbons (Fsp3) is 0.769. The molecule has 92 valence electrons. The highest BCUT2D eigenvalue weighted by Crippen LogP contribution is 2.05. The molecule has 1 aromatic rings. The number of nitrogens with one attached hydrogen (secondary N) is 1. The number of hydrogen-bond acceptors (Lipinski definition) is 2. The van der Waals surface area contributed by atoms with E-state index in [2.05, 4.69) is 35.6 Å². The minimum absolute atomic E-state index is 0.510. The molecule has 2 atom stereocenters. The van der Waals surface area contributed by atoms with Gasteiger partial charge in [0.05, 0.1) is 6.33 Å². The first-order valence-electron chi connectivity index (χ1n) is 6.48. The van der Waals surface area contributed by atoms with Crippen molar-refractivity contribution in [2.24, 2.45) is 0 Å². The molecule has 0 aliphatic heterocycles. The lowest BCUT2D eigenvalue weighted by Gasteiger charge is -2.22. The van der Waals surface area contributed by atoms with E-state index in [1.54, 1.807) is 0 Å². The normalized spacial score (nSPS) is 14.9. The molecule has 1 rings (SSSR count). The van der Waals surface area contributed by atoms with Crippen molar-refractivity contribution >= 4 is 0 Å². The maximum absolute atomic E-state index is 4.06. The highest BCUT2D eigenvalue weighted by molar-refractivity contribution is 4.78. The van der Waals surface area contributed by atoms with Crippen molar-refractivity contribution < 1.29 is 0 Å². The van der Waals surface area contributed by atoms with Crippen LogP contribution in [0.25, 0.3) is 0 Å². The Bertz CT molecular complexity index is 256. The molecule has 0 saturated heterocycles. The highest BCUT2D eigenvalue weighted by Gasteiger charge is 2.09. The minimum atomic E-state index is 0.510. The molecule has 0 bridgehead atoms. The lowest BCUT2D eigenvalue weighted by molar-refractivity contribution is 0.376. The van der Waals surface area contributed by atoms with Crippen molar-refractivity contribution in [3.05, 3.63) is 18.7 Å². The highest BCUT2D eigenvalue weighted by atomic mass is 15.1. The van der Waals surface area contributed by atoms with Gasteiger partial charge in [0.1, 0.15) is 0 Å². The SMILES string of the molecule is CCCCC(CC)NC(C)Cn1ccnc1. The van der Waals surface area contributed by atoms with Crippen molar-refractivity contribution in [1.82, 2.24) is 14.9 Å². The molecule has 2 unspecified atom stereocenters. The van der Waals surface area contributed by atoms with Crippen molar-refractivity contribution in [2.45, 2.75) is 65.1 Å². The van der Waals surface area contributed by atoms with Crippen LogP contribution >= 0.6 is 0 Å². The smallest absolute Gasteiger partial charge is 0.0946 e. The van der Waals surface area contributed by atoms with E-state index in [0.717, 1.165) is 6.54 Å². The third-order valence-corrected chi connectivity index (χ3v) is 2.96. The quantitative estimate of drug-likeness (QED) is 0.734. The number of rotatable bonds is 8. The summed E-state index contributed by atoms with van der Waals surface area (Å²) in [5, 5.41) is 3.69. The number of aromatic nitrogens is 2. The zero-order valence-corrected chi connectivity index (χ0v) is 10.8. The van der Waals surface area contributed by atoms with Crippen LogP contribution in [-0.2, 0) is 6.54 Å². The monoisotopic (exact) mass is 223 g/mol. The van der Waals surface area contributed by atoms with Gasteiger partial charge in [0, 0.05) is 31.0 Å². The molecular weight excluding hydrogens is 198 g/mol. The largest absolute Gasteiger partial charge is 0.336 e. The average Bonchev–Trinajstić information content (AvgIpc) is 2.76. The summed E-state index contributed by atoms with van der Waals surface area (Å²) in [5.41, 5.74) is 0. The molecule has 1 aromatic heterocycles. The number of unbranched alkanes of at least 4 members (excludes halogenated alkanes) is 1. The zero-order chi connectivity index (χ0) is 11.8. The van der Waals surface area contributed by atoms with Crippen LogP contribution in [0.3, 0.4) is 0 Å². The van der Waals surface area contributed by atoms with Crippen LogP contribution in [-0.4, -0.2) is 21.6 Å². The van der Waals surface area contributed by atoms with E-state index in [1.807, 2.05) is 18.7 Å². The van der Waals surface area contributed by atoms with Gasteiger partial charge in [-0.2, -0.15) is 0 Å². The first-order valence-corrected chi connectivity index (χ1v) is 6.48. The molecule has 0 aliphatic rings. The second-order valence-corrected chi connectivity index (χ2v) is 4.57. The van der Waals surface area contributed by atoms with E-state index in [0.29, 0.717) is 12.1 Å². The number of hydrogen-bond donors (Lipinski definition) is 1. The van der Waals surface area contributed by atoms with Gasteiger partial charge in [0.15, 0.2) is 0 Å². The standard InChI is InChI=1S/C13H25N3/c1-4-6-7-13(5-2)15-12(3)10-16-9-8-14-11-16/h8-9,11-13,15H,4-7,10H2,1-3H3. The molecule has 0 aromatic carbocycles. The van der Waals surface area contributed by atoms with Gasteiger partial charge in [-0.25, -0.2) is 4.98 Å². The maximum Gasteiger partial charge on any atom is 0.0946 e. The summed E-state index contributed by atoms with van der Waals surface area (Å²) in [4.78, 5) is 4.06. The molecule has 3 heteroatoms. The average molecular weight is 223 g/mol. The molecule has 3 nitrogen and oxygen atoms in total. The van der Waals surface area contributed by atoms with Crippen molar-refractivity contribution in [3.8, 4) is 0 Å². The predicted molar refractivity (Wildman–Crippen MR) is 68.4 cm³/mol. The first kappa shape index (κ1) is 13.2. The summed E-state index contributed by atoms with van der Waals surface area (Å²) in [6.07, 6.45) is 10.9. The Morgan fingerprint density at radius 3 is 2.75 bits per heavy atom. The van der Waals surface area contributed by atoms with Crippen LogP contribution in [0.4, 0.5) is 0 Å². The molecule has 0 fully saturated rings. The summed E-state index contributed by atoms with van der Waals surface area (Å²) in [7, 11) is 0. The third kappa shape index (κ3) is 4.79. The van der Waals surface area contributed by atoms with Gasteiger partial charge in [-0.1, -0.05) is 26.7 Å². The molecule has 0 aliphatic carbocycles. The summed E-state index contributed by atoms with van der Waals surface area (Å²) in [5.74, 6) is 0. The molecule has 0 amide bonds. The van der Waals surface area contributed by atoms with Gasteiger partial charge in [-0.3, -0.25) is 0 Å². The Kier molecular flexibility index (Phi) is 6.16. The molecule has 0 saturated carbocycles. The maximum atomic E-state index is 4.06. The molecular formula is C13H25N3. The van der Waals surface area contributed by atoms with Crippen LogP contribution in [0.1, 0.15) is 46.5 Å². The van der Waals surface area contributed by atoms with Gasteiger partial charge in [-0.15, -0.1) is 0 Å². The Balaban J connectivity index is 2.28. The van der Waals surface area contributed by atoms with E-state index >= 15 is 0 Å². The predicted octanol–water partition coefficient (Wildman–Crippen LogP) is 2.83. The Morgan fingerprint density at radius 1 is 1.38 bits per heavy atom. The van der Waals surface area contributed by atoms with E-state index < -0.39 is 0 Å². The van der Waals surface area contributed by atoms with E-state index in [1.165, 1.54) is 25.7 Å². The molecule has 16 heavy (non-hydrogen) atoms. The summed E-state index contributed by atoms with van der Waals surface area (Å²) >= 11 is 0. The van der Waals surface area contributed by atoms with Gasteiger partial charge >= 0.3 is 0 Å². The van der Waals surface area contributed by atoms with Gasteiger partial charge in [0.25, 0.3) is 0 Å². The van der Waals surface area contributed by atoms with E-state index in [-0.39, 0.29) is 0 Å². The van der Waals surface area contributed by atoms with Gasteiger partial charge in [-0.05, 0) is 19.8 Å². The lowest BCUT2D eigenvalue weighted by Crippen LogP contribution is -2.38. The Morgan fingerprint density at radius 2 is 2.19 bits per heavy atom. The lowest BCUT2D eigenvalue weighted by atomic mass is 10.1. The second-order valence-electron chi connectivity index (χ2n) is 4.57. The minimum Gasteiger partial charge on any atom is -0.336 e. The second kappa shape index (κ2) is 7.44. The van der Waals surface area contributed by atoms with Gasteiger partial charge in [0.2, 0.25) is 0 Å². The van der Waals surface area contributed by atoms with Crippen LogP contribution in [0.15, 0.2) is 18.7 Å². The van der Waals surface area contributed by atoms with Crippen molar-refractivity contribution in [3.63, 3.8) is 0 Å². The molecule has 1 heterocycles. The van der Waals surface area contributed by atoms with Crippen LogP contribution < -0.4 is 5.32 Å². The van der Waals surface area contributed by atoms with Crippen LogP contribution in [0.5, 0.6) is 0 Å². The molecule has 0 radical (unpaired) electrons. The number of nitrogens with zero attached hydrogens (tertiary/aromatic N) is 2. The summed E-state index contributed by atoms with van der Waals surface area (Å²) in [6.45, 7) is 7.76. The number of imidazole rings is 1. The van der Waals surface area contributed by atoms with Crippen molar-refractivity contribution in [2.75, 3.05) is 0 Å². The van der Waals surface area contributed by atoms with Crippen LogP contribution in [0, 0.1) is 0 Å². The summed E-state index contributed by atoms with van der Waals surface area (Å²) < 4.78 is 2.13. The zero-order valence-electron chi connectivity index (χ0n) is 10.8. The Labute approximate surface area is 99.3 Å². The molecule has 1 N–H and O–H groups in total. The Hall–Kier alpha value is -0.830. The fourth-order valence-electron chi connectivity index (χ4n) is 2.02. The van der Waals surface area contributed by atoms with Gasteiger partial charge < -0.3 is 9.88 Å². The van der Waals surface area contributed by atoms with Crippen molar-refractivity contribution in [1.29, 1.82) is 0 Å². The topological polar surface area (TPSA) is 29.9 Å². The molecule has 0 spiro atoms. The third-order valence-electron chi connectivity index (χ3n) is 2.96. The first-order chi connectivity index (χ1) is 7.76. The van der Waals surface area contributed by atoms with Crippen LogP contribution in [0.2, 0.25) is 0 Å².